The van der Waals surface area contributed by atoms with Gasteiger partial charge in [-0.2, -0.15) is 0 Å². The Labute approximate surface area is 174 Å². The zero-order valence-electron chi connectivity index (χ0n) is 16.7. The molecule has 2 N–H and O–H groups in total. The van der Waals surface area contributed by atoms with Gasteiger partial charge in [-0.3, -0.25) is 4.98 Å². The number of nitrogens with zero attached hydrogens (tertiary/aromatic N) is 4. The van der Waals surface area contributed by atoms with Crippen LogP contribution in [-0.4, -0.2) is 41.6 Å². The monoisotopic (exact) mass is 407 g/mol. The van der Waals surface area contributed by atoms with E-state index in [0.717, 1.165) is 28.6 Å². The molecule has 0 aliphatic carbocycles. The van der Waals surface area contributed by atoms with E-state index in [0.29, 0.717) is 16.6 Å². The van der Waals surface area contributed by atoms with Crippen molar-refractivity contribution in [3.8, 4) is 17.1 Å². The molecule has 2 aliphatic rings. The first kappa shape index (κ1) is 18.8. The van der Waals surface area contributed by atoms with Crippen LogP contribution in [0, 0.1) is 0 Å². The highest BCUT2D eigenvalue weighted by molar-refractivity contribution is 7.99. The lowest BCUT2D eigenvalue weighted by atomic mass is 9.71. The molecule has 6 nitrogen and oxygen atoms in total. The van der Waals surface area contributed by atoms with Gasteiger partial charge in [0.05, 0.1) is 11.8 Å². The number of aromatic nitrogens is 4. The Kier molecular flexibility index (Phi) is 4.47. The van der Waals surface area contributed by atoms with Crippen LogP contribution in [0.25, 0.3) is 22.2 Å². The molecule has 3 atom stereocenters. The summed E-state index contributed by atoms with van der Waals surface area (Å²) in [7, 11) is 0. The number of benzene rings is 1. The molecule has 2 saturated heterocycles. The molecule has 0 saturated carbocycles. The highest BCUT2D eigenvalue weighted by Gasteiger charge is 2.45. The van der Waals surface area contributed by atoms with Crippen LogP contribution in [0.2, 0.25) is 0 Å². The van der Waals surface area contributed by atoms with E-state index < -0.39 is 0 Å². The van der Waals surface area contributed by atoms with Crippen LogP contribution in [0.5, 0.6) is 5.75 Å². The van der Waals surface area contributed by atoms with Crippen LogP contribution in [0.1, 0.15) is 46.0 Å². The lowest BCUT2D eigenvalue weighted by Crippen LogP contribution is -2.64. The third-order valence-electron chi connectivity index (χ3n) is 6.24. The molecule has 2 aliphatic heterocycles. The second-order valence-corrected chi connectivity index (χ2v) is 10.3. The Morgan fingerprint density at radius 1 is 1.07 bits per heavy atom. The average Bonchev–Trinajstić information content (AvgIpc) is 2.66. The molecule has 4 heterocycles. The van der Waals surface area contributed by atoms with Gasteiger partial charge in [-0.1, -0.05) is 11.8 Å². The van der Waals surface area contributed by atoms with Crippen molar-refractivity contribution in [2.24, 2.45) is 0 Å². The fraction of sp³-hybridized carbons (Fsp3) is 0.455. The molecule has 0 radical (unpaired) electrons. The smallest absolute Gasteiger partial charge is 0.185 e. The Morgan fingerprint density at radius 2 is 1.86 bits per heavy atom. The molecule has 2 aromatic heterocycles. The third-order valence-corrected chi connectivity index (χ3v) is 7.34. The number of pyridine rings is 1. The molecule has 0 spiro atoms. The van der Waals surface area contributed by atoms with Crippen LogP contribution < -0.4 is 5.32 Å². The van der Waals surface area contributed by atoms with Crippen LogP contribution in [0.3, 0.4) is 0 Å². The minimum Gasteiger partial charge on any atom is -0.507 e. The zero-order chi connectivity index (χ0) is 20.1. The molecule has 150 valence electrons. The van der Waals surface area contributed by atoms with Gasteiger partial charge in [-0.05, 0) is 69.5 Å². The maximum atomic E-state index is 10.4. The van der Waals surface area contributed by atoms with Crippen LogP contribution in [0.15, 0.2) is 41.8 Å². The Balaban J connectivity index is 1.36. The molecular formula is C22H25N5OS. The van der Waals surface area contributed by atoms with E-state index in [1.165, 1.54) is 19.3 Å². The van der Waals surface area contributed by atoms with Gasteiger partial charge in [-0.25, -0.2) is 4.98 Å². The molecule has 2 bridgehead atoms. The van der Waals surface area contributed by atoms with E-state index in [-0.39, 0.29) is 16.8 Å². The SMILES string of the molecule is C[C@]12CCC[C@](C)(C[C@@H](Sc3cnc(-c4cc5ccncc5cc4O)nn3)C1)N2. The number of aromatic hydroxyl groups is 1. The van der Waals surface area contributed by atoms with E-state index in [9.17, 15) is 5.11 Å². The van der Waals surface area contributed by atoms with Gasteiger partial charge in [0, 0.05) is 34.1 Å². The van der Waals surface area contributed by atoms with Crippen LogP contribution in [0.4, 0.5) is 0 Å². The number of hydrogen-bond donors (Lipinski definition) is 2. The number of hydrogen-bond acceptors (Lipinski definition) is 7. The van der Waals surface area contributed by atoms with E-state index in [1.54, 1.807) is 36.4 Å². The third kappa shape index (κ3) is 3.69. The Morgan fingerprint density at radius 3 is 2.59 bits per heavy atom. The first-order chi connectivity index (χ1) is 13.9. The van der Waals surface area contributed by atoms with E-state index in [2.05, 4.69) is 39.3 Å². The quantitative estimate of drug-likeness (QED) is 0.668. The molecular weight excluding hydrogens is 382 g/mol. The molecule has 0 unspecified atom stereocenters. The summed E-state index contributed by atoms with van der Waals surface area (Å²) in [6.07, 6.45) is 11.3. The number of phenols is 1. The number of rotatable bonds is 3. The summed E-state index contributed by atoms with van der Waals surface area (Å²) < 4.78 is 0. The van der Waals surface area contributed by atoms with Gasteiger partial charge in [0.25, 0.3) is 0 Å². The van der Waals surface area contributed by atoms with Crippen molar-refractivity contribution in [3.63, 3.8) is 0 Å². The van der Waals surface area contributed by atoms with Crippen molar-refractivity contribution in [2.75, 3.05) is 0 Å². The lowest BCUT2D eigenvalue weighted by molar-refractivity contribution is 0.0973. The summed E-state index contributed by atoms with van der Waals surface area (Å²) in [5.74, 6) is 0.575. The predicted octanol–water partition coefficient (Wildman–Crippen LogP) is 4.34. The largest absolute Gasteiger partial charge is 0.507 e. The normalized spacial score (nSPS) is 29.1. The number of thioether (sulfide) groups is 1. The summed E-state index contributed by atoms with van der Waals surface area (Å²) in [4.78, 5) is 8.60. The second kappa shape index (κ2) is 6.92. The maximum Gasteiger partial charge on any atom is 0.185 e. The lowest BCUT2D eigenvalue weighted by Gasteiger charge is -2.53. The van der Waals surface area contributed by atoms with E-state index >= 15 is 0 Å². The number of piperidine rings is 2. The van der Waals surface area contributed by atoms with Crippen LogP contribution >= 0.6 is 11.8 Å². The minimum absolute atomic E-state index is 0.139. The van der Waals surface area contributed by atoms with Gasteiger partial charge < -0.3 is 10.4 Å². The zero-order valence-corrected chi connectivity index (χ0v) is 17.5. The molecule has 7 heteroatoms. The maximum absolute atomic E-state index is 10.4. The highest BCUT2D eigenvalue weighted by Crippen LogP contribution is 2.45. The van der Waals surface area contributed by atoms with Gasteiger partial charge in [0.15, 0.2) is 5.82 Å². The number of fused-ring (bicyclic) bond motifs is 3. The highest BCUT2D eigenvalue weighted by atomic mass is 32.2. The molecule has 29 heavy (non-hydrogen) atoms. The van der Waals surface area contributed by atoms with Gasteiger partial charge in [0.2, 0.25) is 0 Å². The van der Waals surface area contributed by atoms with Crippen molar-refractivity contribution in [1.82, 2.24) is 25.5 Å². The first-order valence-corrected chi connectivity index (χ1v) is 11.0. The number of phenolic OH excluding ortho intramolecular Hbond substituents is 1. The van der Waals surface area contributed by atoms with Gasteiger partial charge >= 0.3 is 0 Å². The van der Waals surface area contributed by atoms with Gasteiger partial charge in [0.1, 0.15) is 10.8 Å². The minimum atomic E-state index is 0.139. The fourth-order valence-corrected chi connectivity index (χ4v) is 6.55. The van der Waals surface area contributed by atoms with Crippen molar-refractivity contribution in [1.29, 1.82) is 0 Å². The van der Waals surface area contributed by atoms with E-state index in [1.807, 2.05) is 12.1 Å². The molecule has 1 aromatic carbocycles. The summed E-state index contributed by atoms with van der Waals surface area (Å²) in [6.45, 7) is 4.70. The van der Waals surface area contributed by atoms with Crippen molar-refractivity contribution in [3.05, 3.63) is 36.8 Å². The molecule has 3 aromatic rings. The topological polar surface area (TPSA) is 83.8 Å². The molecule has 2 fully saturated rings. The Hall–Kier alpha value is -2.25. The predicted molar refractivity (Wildman–Crippen MR) is 115 cm³/mol. The van der Waals surface area contributed by atoms with Crippen molar-refractivity contribution < 1.29 is 5.11 Å². The van der Waals surface area contributed by atoms with Gasteiger partial charge in [-0.15, -0.1) is 10.2 Å². The second-order valence-electron chi connectivity index (χ2n) is 8.96. The van der Waals surface area contributed by atoms with Crippen molar-refractivity contribution in [2.45, 2.75) is 67.3 Å². The van der Waals surface area contributed by atoms with Crippen molar-refractivity contribution >= 4 is 22.5 Å². The molecule has 0 amide bonds. The average molecular weight is 408 g/mol. The summed E-state index contributed by atoms with van der Waals surface area (Å²) in [5.41, 5.74) is 1.02. The molecule has 5 rings (SSSR count). The summed E-state index contributed by atoms with van der Waals surface area (Å²) in [5, 5.41) is 26.2. The van der Waals surface area contributed by atoms with Crippen LogP contribution in [-0.2, 0) is 0 Å². The summed E-state index contributed by atoms with van der Waals surface area (Å²) in [6, 6.07) is 5.48. The number of nitrogens with one attached hydrogen (secondary N) is 1. The first-order valence-electron chi connectivity index (χ1n) is 10.1. The fourth-order valence-electron chi connectivity index (χ4n) is 5.10. The Bertz CT molecular complexity index is 1040. The summed E-state index contributed by atoms with van der Waals surface area (Å²) >= 11 is 1.78. The van der Waals surface area contributed by atoms with E-state index in [4.69, 9.17) is 0 Å². The standard InChI is InChI=1S/C22H25N5OS/c1-21-5-3-6-22(2,27-21)11-16(10-21)29-19-13-24-20(26-25-19)17-8-14-4-7-23-12-15(14)9-18(17)28/h4,7-9,12-13,16,27-28H,3,5-6,10-11H2,1-2H3/t16-,21-,22+.